The van der Waals surface area contributed by atoms with Gasteiger partial charge in [0.25, 0.3) is 0 Å². The molecule has 0 heterocycles. The Morgan fingerprint density at radius 1 is 1.50 bits per heavy atom. The lowest BCUT2D eigenvalue weighted by atomic mass is 10.1. The normalized spacial score (nSPS) is 11.9. The number of rotatable bonds is 3. The zero-order valence-electron chi connectivity index (χ0n) is 8.44. The minimum absolute atomic E-state index is 0.136. The van der Waals surface area contributed by atoms with Crippen molar-refractivity contribution in [3.63, 3.8) is 0 Å². The van der Waals surface area contributed by atoms with Crippen molar-refractivity contribution in [2.45, 2.75) is 12.5 Å². The molecule has 0 bridgehead atoms. The van der Waals surface area contributed by atoms with Crippen LogP contribution >= 0.6 is 0 Å². The summed E-state index contributed by atoms with van der Waals surface area (Å²) in [5.41, 5.74) is 1.82. The van der Waals surface area contributed by atoms with Crippen LogP contribution in [0, 0.1) is 11.3 Å². The molecule has 1 unspecified atom stereocenters. The second-order valence-corrected chi connectivity index (χ2v) is 3.37. The van der Waals surface area contributed by atoms with Crippen LogP contribution in [0.4, 0.5) is 5.69 Å². The van der Waals surface area contributed by atoms with Gasteiger partial charge >= 0.3 is 0 Å². The van der Waals surface area contributed by atoms with E-state index in [9.17, 15) is 5.11 Å². The number of anilines is 1. The summed E-state index contributed by atoms with van der Waals surface area (Å²) in [5.74, 6) is 0. The largest absolute Gasteiger partial charge is 0.387 e. The van der Waals surface area contributed by atoms with E-state index in [0.717, 1.165) is 11.3 Å². The molecular formula is C11H14N2O. The van der Waals surface area contributed by atoms with Gasteiger partial charge in [0.15, 0.2) is 0 Å². The van der Waals surface area contributed by atoms with Gasteiger partial charge in [0.2, 0.25) is 0 Å². The monoisotopic (exact) mass is 190 g/mol. The van der Waals surface area contributed by atoms with Gasteiger partial charge < -0.3 is 10.0 Å². The highest BCUT2D eigenvalue weighted by Crippen LogP contribution is 2.20. The molecule has 1 N–H and O–H groups in total. The van der Waals surface area contributed by atoms with Gasteiger partial charge in [-0.2, -0.15) is 5.26 Å². The lowest BCUT2D eigenvalue weighted by molar-refractivity contribution is 0.183. The van der Waals surface area contributed by atoms with E-state index in [1.807, 2.05) is 49.3 Å². The molecule has 0 saturated carbocycles. The highest BCUT2D eigenvalue weighted by molar-refractivity contribution is 5.47. The summed E-state index contributed by atoms with van der Waals surface area (Å²) >= 11 is 0. The van der Waals surface area contributed by atoms with E-state index in [4.69, 9.17) is 5.26 Å². The molecule has 0 aliphatic heterocycles. The number of hydrogen-bond donors (Lipinski definition) is 1. The summed E-state index contributed by atoms with van der Waals surface area (Å²) in [7, 11) is 3.88. The van der Waals surface area contributed by atoms with Gasteiger partial charge in [-0.25, -0.2) is 0 Å². The number of aliphatic hydroxyl groups excluding tert-OH is 1. The summed E-state index contributed by atoms with van der Waals surface area (Å²) in [4.78, 5) is 1.96. The van der Waals surface area contributed by atoms with Gasteiger partial charge in [-0.1, -0.05) is 12.1 Å². The van der Waals surface area contributed by atoms with Crippen molar-refractivity contribution in [3.05, 3.63) is 29.8 Å². The molecule has 0 radical (unpaired) electrons. The van der Waals surface area contributed by atoms with Gasteiger partial charge in [0, 0.05) is 19.8 Å². The third-order valence-corrected chi connectivity index (χ3v) is 2.06. The smallest absolute Gasteiger partial charge is 0.0920 e. The molecule has 0 amide bonds. The highest BCUT2D eigenvalue weighted by Gasteiger charge is 2.07. The van der Waals surface area contributed by atoms with Gasteiger partial charge in [-0.3, -0.25) is 0 Å². The Labute approximate surface area is 84.2 Å². The highest BCUT2D eigenvalue weighted by atomic mass is 16.3. The van der Waals surface area contributed by atoms with Gasteiger partial charge in [0.1, 0.15) is 0 Å². The van der Waals surface area contributed by atoms with Crippen LogP contribution in [0.3, 0.4) is 0 Å². The van der Waals surface area contributed by atoms with Crippen LogP contribution < -0.4 is 4.90 Å². The molecule has 0 aliphatic rings. The minimum Gasteiger partial charge on any atom is -0.387 e. The molecule has 0 aliphatic carbocycles. The molecule has 14 heavy (non-hydrogen) atoms. The van der Waals surface area contributed by atoms with E-state index < -0.39 is 6.10 Å². The fourth-order valence-corrected chi connectivity index (χ4v) is 1.21. The summed E-state index contributed by atoms with van der Waals surface area (Å²) in [6.45, 7) is 0. The average molecular weight is 190 g/mol. The van der Waals surface area contributed by atoms with E-state index in [1.54, 1.807) is 0 Å². The second-order valence-electron chi connectivity index (χ2n) is 3.37. The van der Waals surface area contributed by atoms with Crippen molar-refractivity contribution in [2.75, 3.05) is 19.0 Å². The third-order valence-electron chi connectivity index (χ3n) is 2.06. The Bertz CT molecular complexity index is 341. The Morgan fingerprint density at radius 3 is 2.79 bits per heavy atom. The molecule has 3 heteroatoms. The molecule has 0 spiro atoms. The molecule has 1 atom stereocenters. The van der Waals surface area contributed by atoms with E-state index >= 15 is 0 Å². The Hall–Kier alpha value is -1.53. The topological polar surface area (TPSA) is 47.3 Å². The number of benzene rings is 1. The van der Waals surface area contributed by atoms with E-state index in [-0.39, 0.29) is 6.42 Å². The van der Waals surface area contributed by atoms with Gasteiger partial charge in [0.05, 0.1) is 18.6 Å². The minimum atomic E-state index is -0.681. The summed E-state index contributed by atoms with van der Waals surface area (Å²) in [6, 6.07) is 9.51. The van der Waals surface area contributed by atoms with E-state index in [1.165, 1.54) is 0 Å². The third kappa shape index (κ3) is 2.48. The zero-order valence-corrected chi connectivity index (χ0v) is 8.44. The van der Waals surface area contributed by atoms with Gasteiger partial charge in [-0.05, 0) is 17.7 Å². The van der Waals surface area contributed by atoms with Crippen LogP contribution in [0.2, 0.25) is 0 Å². The van der Waals surface area contributed by atoms with Crippen LogP contribution in [0.1, 0.15) is 18.1 Å². The Balaban J connectivity index is 2.89. The first-order chi connectivity index (χ1) is 6.65. The fourth-order valence-electron chi connectivity index (χ4n) is 1.21. The van der Waals surface area contributed by atoms with Crippen LogP contribution in [-0.4, -0.2) is 19.2 Å². The van der Waals surface area contributed by atoms with Crippen LogP contribution in [0.25, 0.3) is 0 Å². The van der Waals surface area contributed by atoms with Crippen molar-refractivity contribution in [3.8, 4) is 6.07 Å². The van der Waals surface area contributed by atoms with Crippen molar-refractivity contribution in [1.29, 1.82) is 5.26 Å². The molecule has 1 aromatic rings. The maximum absolute atomic E-state index is 9.59. The second kappa shape index (κ2) is 4.64. The SMILES string of the molecule is CN(C)c1cccc(C(O)CC#N)c1. The molecule has 0 fully saturated rings. The first-order valence-corrected chi connectivity index (χ1v) is 4.47. The number of hydrogen-bond acceptors (Lipinski definition) is 3. The number of aliphatic hydroxyl groups is 1. The van der Waals surface area contributed by atoms with Gasteiger partial charge in [-0.15, -0.1) is 0 Å². The van der Waals surface area contributed by atoms with Crippen molar-refractivity contribution in [1.82, 2.24) is 0 Å². The van der Waals surface area contributed by atoms with Crippen LogP contribution in [-0.2, 0) is 0 Å². The average Bonchev–Trinajstić information content (AvgIpc) is 2.18. The lowest BCUT2D eigenvalue weighted by Crippen LogP contribution is -2.09. The fraction of sp³-hybridized carbons (Fsp3) is 0.364. The number of nitriles is 1. The van der Waals surface area contributed by atoms with Crippen molar-refractivity contribution < 1.29 is 5.11 Å². The molecule has 3 nitrogen and oxygen atoms in total. The molecule has 0 saturated heterocycles. The Kier molecular flexibility index (Phi) is 3.49. The first kappa shape index (κ1) is 10.6. The maximum atomic E-state index is 9.59. The van der Waals surface area contributed by atoms with E-state index in [2.05, 4.69) is 0 Å². The van der Waals surface area contributed by atoms with Crippen molar-refractivity contribution >= 4 is 5.69 Å². The quantitative estimate of drug-likeness (QED) is 0.789. The van der Waals surface area contributed by atoms with Crippen LogP contribution in [0.5, 0.6) is 0 Å². The summed E-state index contributed by atoms with van der Waals surface area (Å²) < 4.78 is 0. The molecule has 1 aromatic carbocycles. The summed E-state index contributed by atoms with van der Waals surface area (Å²) in [5, 5.41) is 18.0. The molecule has 0 aromatic heterocycles. The molecular weight excluding hydrogens is 176 g/mol. The standard InChI is InChI=1S/C11H14N2O/c1-13(2)10-5-3-4-9(8-10)11(14)6-7-12/h3-5,8,11,14H,6H2,1-2H3. The zero-order chi connectivity index (χ0) is 10.6. The predicted octanol–water partition coefficient (Wildman–Crippen LogP) is 1.70. The molecule has 74 valence electrons. The molecule has 1 rings (SSSR count). The number of nitrogens with zero attached hydrogens (tertiary/aromatic N) is 2. The van der Waals surface area contributed by atoms with Crippen molar-refractivity contribution in [2.24, 2.45) is 0 Å². The van der Waals surface area contributed by atoms with Crippen LogP contribution in [0.15, 0.2) is 24.3 Å². The predicted molar refractivity (Wildman–Crippen MR) is 56.0 cm³/mol. The first-order valence-electron chi connectivity index (χ1n) is 4.47. The summed E-state index contributed by atoms with van der Waals surface area (Å²) in [6.07, 6.45) is -0.545. The van der Waals surface area contributed by atoms with E-state index in [0.29, 0.717) is 0 Å². The maximum Gasteiger partial charge on any atom is 0.0920 e. The Morgan fingerprint density at radius 2 is 2.21 bits per heavy atom. The lowest BCUT2D eigenvalue weighted by Gasteiger charge is -2.15.